The first-order valence-electron chi connectivity index (χ1n) is 5.32. The van der Waals surface area contributed by atoms with Crippen LogP contribution in [0.3, 0.4) is 0 Å². The average molecular weight is 224 g/mol. The van der Waals surface area contributed by atoms with E-state index in [2.05, 4.69) is 24.2 Å². The molecule has 0 bridgehead atoms. The van der Waals surface area contributed by atoms with Crippen LogP contribution in [0, 0.1) is 5.92 Å². The summed E-state index contributed by atoms with van der Waals surface area (Å²) in [4.78, 5) is 0.348. The van der Waals surface area contributed by atoms with E-state index in [1.807, 2.05) is 4.68 Å². The monoisotopic (exact) mass is 224 g/mol. The van der Waals surface area contributed by atoms with Gasteiger partial charge in [-0.15, -0.1) is 5.10 Å². The third-order valence-electron chi connectivity index (χ3n) is 2.68. The van der Waals surface area contributed by atoms with E-state index in [1.54, 1.807) is 0 Å². The van der Waals surface area contributed by atoms with Crippen LogP contribution in [-0.2, 0) is 6.54 Å². The second kappa shape index (κ2) is 3.89. The quantitative estimate of drug-likeness (QED) is 0.786. The lowest BCUT2D eigenvalue weighted by molar-refractivity contribution is 0.513. The maximum absolute atomic E-state index is 5.63. The molecule has 1 aliphatic carbocycles. The molecule has 1 fully saturated rings. The van der Waals surface area contributed by atoms with Crippen LogP contribution in [0.4, 0.5) is 0 Å². The molecule has 0 spiro atoms. The molecule has 1 aromatic rings. The van der Waals surface area contributed by atoms with Crippen LogP contribution < -0.4 is 5.73 Å². The molecule has 82 valence electrons. The van der Waals surface area contributed by atoms with Gasteiger partial charge in [-0.3, -0.25) is 0 Å². The molecule has 1 aliphatic rings. The topological polar surface area (TPSA) is 56.7 Å². The van der Waals surface area contributed by atoms with Crippen LogP contribution in [0.25, 0.3) is 0 Å². The summed E-state index contributed by atoms with van der Waals surface area (Å²) in [5, 5.41) is 8.20. The lowest BCUT2D eigenvalue weighted by Gasteiger charge is -2.09. The molecular formula is C10H16N4S. The maximum atomic E-state index is 5.63. The highest BCUT2D eigenvalue weighted by atomic mass is 32.1. The SMILES string of the molecule is CC(C)c1c(C(N)=S)nnn1CC1CC1. The normalized spacial score (nSPS) is 15.9. The van der Waals surface area contributed by atoms with Gasteiger partial charge in [-0.25, -0.2) is 4.68 Å². The van der Waals surface area contributed by atoms with Gasteiger partial charge in [-0.1, -0.05) is 31.3 Å². The molecule has 0 aliphatic heterocycles. The summed E-state index contributed by atoms with van der Waals surface area (Å²) < 4.78 is 1.97. The number of hydrogen-bond donors (Lipinski definition) is 1. The van der Waals surface area contributed by atoms with Crippen molar-refractivity contribution in [3.8, 4) is 0 Å². The third kappa shape index (κ3) is 2.17. The Morgan fingerprint density at radius 1 is 1.60 bits per heavy atom. The molecule has 2 rings (SSSR count). The molecule has 15 heavy (non-hydrogen) atoms. The first-order chi connectivity index (χ1) is 7.09. The van der Waals surface area contributed by atoms with Crippen LogP contribution in [0.5, 0.6) is 0 Å². The minimum Gasteiger partial charge on any atom is -0.388 e. The van der Waals surface area contributed by atoms with Gasteiger partial charge in [0.05, 0.1) is 5.69 Å². The number of nitrogens with zero attached hydrogens (tertiary/aromatic N) is 3. The predicted octanol–water partition coefficient (Wildman–Crippen LogP) is 1.45. The van der Waals surface area contributed by atoms with Gasteiger partial charge in [0.2, 0.25) is 0 Å². The Morgan fingerprint density at radius 2 is 2.27 bits per heavy atom. The van der Waals surface area contributed by atoms with Crippen LogP contribution in [0.1, 0.15) is 44.0 Å². The summed E-state index contributed by atoms with van der Waals surface area (Å²) in [7, 11) is 0. The van der Waals surface area contributed by atoms with E-state index >= 15 is 0 Å². The zero-order valence-corrected chi connectivity index (χ0v) is 9.92. The van der Waals surface area contributed by atoms with Gasteiger partial charge in [0.15, 0.2) is 0 Å². The number of rotatable bonds is 4. The third-order valence-corrected chi connectivity index (χ3v) is 2.88. The van der Waals surface area contributed by atoms with Crippen LogP contribution in [0.15, 0.2) is 0 Å². The van der Waals surface area contributed by atoms with Gasteiger partial charge in [0, 0.05) is 6.54 Å². The fourth-order valence-corrected chi connectivity index (χ4v) is 1.89. The second-order valence-electron chi connectivity index (χ2n) is 4.47. The highest BCUT2D eigenvalue weighted by Gasteiger charge is 2.25. The first-order valence-corrected chi connectivity index (χ1v) is 5.73. The standard InChI is InChI=1S/C10H16N4S/c1-6(2)9-8(10(11)15)12-13-14(9)5-7-3-4-7/h6-7H,3-5H2,1-2H3,(H2,11,15). The number of aromatic nitrogens is 3. The van der Waals surface area contributed by atoms with Crippen molar-refractivity contribution >= 4 is 17.2 Å². The second-order valence-corrected chi connectivity index (χ2v) is 4.91. The molecule has 4 nitrogen and oxygen atoms in total. The van der Waals surface area contributed by atoms with Crippen molar-refractivity contribution in [2.24, 2.45) is 11.7 Å². The largest absolute Gasteiger partial charge is 0.388 e. The minimum atomic E-state index is 0.348. The summed E-state index contributed by atoms with van der Waals surface area (Å²) in [6.07, 6.45) is 2.61. The van der Waals surface area contributed by atoms with E-state index < -0.39 is 0 Å². The Kier molecular flexibility index (Phi) is 2.73. The Morgan fingerprint density at radius 3 is 2.73 bits per heavy atom. The van der Waals surface area contributed by atoms with Crippen molar-refractivity contribution < 1.29 is 0 Å². The van der Waals surface area contributed by atoms with Crippen LogP contribution >= 0.6 is 12.2 Å². The van der Waals surface area contributed by atoms with Gasteiger partial charge >= 0.3 is 0 Å². The van der Waals surface area contributed by atoms with E-state index in [4.69, 9.17) is 18.0 Å². The van der Waals surface area contributed by atoms with Crippen molar-refractivity contribution in [3.63, 3.8) is 0 Å². The van der Waals surface area contributed by atoms with Gasteiger partial charge in [-0.05, 0) is 24.7 Å². The molecule has 0 aromatic carbocycles. The highest BCUT2D eigenvalue weighted by molar-refractivity contribution is 7.80. The predicted molar refractivity (Wildman–Crippen MR) is 62.7 cm³/mol. The van der Waals surface area contributed by atoms with E-state index in [-0.39, 0.29) is 0 Å². The molecule has 0 unspecified atom stereocenters. The number of thiocarbonyl (C=S) groups is 1. The van der Waals surface area contributed by atoms with Crippen molar-refractivity contribution in [1.82, 2.24) is 15.0 Å². The smallest absolute Gasteiger partial charge is 0.143 e. The molecule has 1 saturated carbocycles. The molecule has 0 amide bonds. The average Bonchev–Trinajstić information content (AvgIpc) is 2.82. The Bertz CT molecular complexity index is 379. The van der Waals surface area contributed by atoms with Crippen LogP contribution in [0.2, 0.25) is 0 Å². The van der Waals surface area contributed by atoms with Gasteiger partial charge < -0.3 is 5.73 Å². The number of nitrogens with two attached hydrogens (primary N) is 1. The first kappa shape index (κ1) is 10.5. The van der Waals surface area contributed by atoms with E-state index in [1.165, 1.54) is 12.8 Å². The molecular weight excluding hydrogens is 208 g/mol. The van der Waals surface area contributed by atoms with E-state index in [0.29, 0.717) is 16.6 Å². The lowest BCUT2D eigenvalue weighted by atomic mass is 10.1. The fraction of sp³-hybridized carbons (Fsp3) is 0.700. The summed E-state index contributed by atoms with van der Waals surface area (Å²) >= 11 is 4.97. The molecule has 5 heteroatoms. The van der Waals surface area contributed by atoms with E-state index in [0.717, 1.165) is 18.2 Å². The fourth-order valence-electron chi connectivity index (χ4n) is 1.75. The van der Waals surface area contributed by atoms with Crippen LogP contribution in [-0.4, -0.2) is 20.0 Å². The molecule has 0 saturated heterocycles. The zero-order valence-electron chi connectivity index (χ0n) is 9.10. The van der Waals surface area contributed by atoms with Gasteiger partial charge in [0.1, 0.15) is 10.7 Å². The minimum absolute atomic E-state index is 0.348. The molecule has 1 heterocycles. The molecule has 0 atom stereocenters. The molecule has 1 aromatic heterocycles. The summed E-state index contributed by atoms with van der Waals surface area (Å²) in [6.45, 7) is 5.19. The van der Waals surface area contributed by atoms with Crippen molar-refractivity contribution in [2.45, 2.75) is 39.2 Å². The summed E-state index contributed by atoms with van der Waals surface area (Å²) in [6, 6.07) is 0. The summed E-state index contributed by atoms with van der Waals surface area (Å²) in [5.41, 5.74) is 7.40. The molecule has 2 N–H and O–H groups in total. The zero-order chi connectivity index (χ0) is 11.0. The van der Waals surface area contributed by atoms with Gasteiger partial charge in [0.25, 0.3) is 0 Å². The Hall–Kier alpha value is -0.970. The summed E-state index contributed by atoms with van der Waals surface area (Å²) in [5.74, 6) is 1.14. The Labute approximate surface area is 94.8 Å². The van der Waals surface area contributed by atoms with Gasteiger partial charge in [-0.2, -0.15) is 0 Å². The van der Waals surface area contributed by atoms with Crippen molar-refractivity contribution in [2.75, 3.05) is 0 Å². The highest BCUT2D eigenvalue weighted by Crippen LogP contribution is 2.31. The lowest BCUT2D eigenvalue weighted by Crippen LogP contribution is -2.15. The van der Waals surface area contributed by atoms with E-state index in [9.17, 15) is 0 Å². The number of hydrogen-bond acceptors (Lipinski definition) is 3. The van der Waals surface area contributed by atoms with Crippen molar-refractivity contribution in [3.05, 3.63) is 11.4 Å². The van der Waals surface area contributed by atoms with Crippen molar-refractivity contribution in [1.29, 1.82) is 0 Å². The maximum Gasteiger partial charge on any atom is 0.143 e. The molecule has 0 radical (unpaired) electrons. The Balaban J connectivity index is 2.31.